The summed E-state index contributed by atoms with van der Waals surface area (Å²) in [5, 5.41) is 15.8. The molecule has 110 valence electrons. The van der Waals surface area contributed by atoms with E-state index in [1.54, 1.807) is 18.7 Å². The summed E-state index contributed by atoms with van der Waals surface area (Å²) < 4.78 is 11.6. The summed E-state index contributed by atoms with van der Waals surface area (Å²) in [4.78, 5) is 15.5. The van der Waals surface area contributed by atoms with Crippen molar-refractivity contribution in [3.63, 3.8) is 0 Å². The third-order valence-electron chi connectivity index (χ3n) is 2.60. The predicted molar refractivity (Wildman–Crippen MR) is 75.5 cm³/mol. The summed E-state index contributed by atoms with van der Waals surface area (Å²) in [7, 11) is 1.62. The molecule has 0 saturated carbocycles. The van der Waals surface area contributed by atoms with E-state index in [0.717, 1.165) is 6.42 Å². The zero-order valence-corrected chi connectivity index (χ0v) is 11.9. The van der Waals surface area contributed by atoms with Gasteiger partial charge in [0.05, 0.1) is 13.2 Å². The molecule has 2 heterocycles. The first-order valence-corrected chi connectivity index (χ1v) is 7.02. The first kappa shape index (κ1) is 14.7. The van der Waals surface area contributed by atoms with Gasteiger partial charge in [0.15, 0.2) is 0 Å². The van der Waals surface area contributed by atoms with Crippen LogP contribution in [-0.4, -0.2) is 47.8 Å². The molecule has 0 aliphatic rings. The van der Waals surface area contributed by atoms with E-state index in [1.165, 1.54) is 15.7 Å². The molecular weight excluding hydrogens is 284 g/mol. The number of methoxy groups -OCH3 is 1. The van der Waals surface area contributed by atoms with Crippen LogP contribution in [0.3, 0.4) is 0 Å². The summed E-state index contributed by atoms with van der Waals surface area (Å²) in [5.41, 5.74) is 0. The van der Waals surface area contributed by atoms with Crippen molar-refractivity contribution in [1.29, 1.82) is 0 Å². The lowest BCUT2D eigenvalue weighted by Crippen LogP contribution is -2.09. The second-order valence-corrected chi connectivity index (χ2v) is 4.86. The summed E-state index contributed by atoms with van der Waals surface area (Å²) in [6, 6.07) is 0. The Hall–Kier alpha value is -1.71. The third-order valence-corrected chi connectivity index (χ3v) is 3.36. The highest BCUT2D eigenvalue weighted by Gasteiger charge is 2.22. The maximum Gasteiger partial charge on any atom is 0.372 e. The monoisotopic (exact) mass is 300 g/mol. The van der Waals surface area contributed by atoms with E-state index in [-0.39, 0.29) is 5.82 Å². The van der Waals surface area contributed by atoms with Crippen LogP contribution in [0.5, 0.6) is 0 Å². The molecule has 2 aromatic rings. The number of imidazole rings is 1. The minimum Gasteiger partial charge on any atom is -0.382 e. The highest BCUT2D eigenvalue weighted by molar-refractivity contribution is 7.15. The number of aromatic nitrogens is 2. The van der Waals surface area contributed by atoms with Crippen LogP contribution in [-0.2, 0) is 9.47 Å². The fraction of sp³-hybridized carbons (Fsp3) is 0.545. The number of fused-ring (bicyclic) bond motifs is 1. The van der Waals surface area contributed by atoms with Gasteiger partial charge in [0.2, 0.25) is 5.82 Å². The molecule has 0 fully saturated rings. The standard InChI is InChI=1S/C11H16N4O4S/c1-18-6-7-19-5-2-3-12-9-10(15(16)17)14-4-8-20-11(14)13-9/h4,8,12H,2-3,5-7H2,1H3. The second kappa shape index (κ2) is 7.17. The maximum absolute atomic E-state index is 11.1. The Bertz CT molecular complexity index is 568. The molecule has 2 rings (SSSR count). The van der Waals surface area contributed by atoms with Gasteiger partial charge >= 0.3 is 5.82 Å². The van der Waals surface area contributed by atoms with Gasteiger partial charge in [-0.2, -0.15) is 9.38 Å². The van der Waals surface area contributed by atoms with Crippen LogP contribution < -0.4 is 5.32 Å². The minimum atomic E-state index is -0.426. The second-order valence-electron chi connectivity index (χ2n) is 3.98. The Balaban J connectivity index is 1.85. The summed E-state index contributed by atoms with van der Waals surface area (Å²) >= 11 is 1.36. The van der Waals surface area contributed by atoms with Crippen molar-refractivity contribution in [2.24, 2.45) is 0 Å². The van der Waals surface area contributed by atoms with E-state index in [4.69, 9.17) is 9.47 Å². The Labute approximate surface area is 119 Å². The van der Waals surface area contributed by atoms with Gasteiger partial charge in [0.1, 0.15) is 6.20 Å². The maximum atomic E-state index is 11.1. The molecule has 1 N–H and O–H groups in total. The molecule has 2 aromatic heterocycles. The number of hydrogen-bond donors (Lipinski definition) is 1. The summed E-state index contributed by atoms with van der Waals surface area (Å²) in [5.74, 6) is 0.278. The fourth-order valence-electron chi connectivity index (χ4n) is 1.69. The summed E-state index contributed by atoms with van der Waals surface area (Å²) in [6.45, 7) is 2.26. The van der Waals surface area contributed by atoms with E-state index in [9.17, 15) is 10.1 Å². The largest absolute Gasteiger partial charge is 0.382 e. The number of nitro groups is 1. The molecular formula is C11H16N4O4S. The molecule has 0 bridgehead atoms. The minimum absolute atomic E-state index is 0.0263. The normalized spacial score (nSPS) is 11.1. The van der Waals surface area contributed by atoms with Gasteiger partial charge in [-0.15, -0.1) is 0 Å². The molecule has 0 unspecified atom stereocenters. The average Bonchev–Trinajstić information content (AvgIpc) is 2.97. The lowest BCUT2D eigenvalue weighted by atomic mass is 10.4. The van der Waals surface area contributed by atoms with Gasteiger partial charge in [-0.05, 0) is 11.3 Å². The van der Waals surface area contributed by atoms with Crippen LogP contribution in [0.1, 0.15) is 6.42 Å². The Kier molecular flexibility index (Phi) is 5.27. The molecule has 0 saturated heterocycles. The first-order valence-electron chi connectivity index (χ1n) is 6.14. The number of nitrogens with one attached hydrogen (secondary N) is 1. The number of hydrogen-bond acceptors (Lipinski definition) is 7. The average molecular weight is 300 g/mol. The van der Waals surface area contributed by atoms with E-state index in [0.29, 0.717) is 37.1 Å². The number of rotatable bonds is 9. The quantitative estimate of drug-likeness (QED) is 0.431. The van der Waals surface area contributed by atoms with Crippen molar-refractivity contribution in [1.82, 2.24) is 9.38 Å². The van der Waals surface area contributed by atoms with Gasteiger partial charge in [-0.3, -0.25) is 0 Å². The molecule has 9 heteroatoms. The number of anilines is 1. The SMILES string of the molecule is COCCOCCCNc1nc2sccn2c1[N+](=O)[O-]. The molecule has 8 nitrogen and oxygen atoms in total. The smallest absolute Gasteiger partial charge is 0.372 e. The van der Waals surface area contributed by atoms with Crippen molar-refractivity contribution >= 4 is 27.9 Å². The topological polar surface area (TPSA) is 90.9 Å². The number of ether oxygens (including phenoxy) is 2. The van der Waals surface area contributed by atoms with Gasteiger partial charge < -0.3 is 24.9 Å². The molecule has 0 amide bonds. The first-order chi connectivity index (χ1) is 9.74. The van der Waals surface area contributed by atoms with E-state index in [2.05, 4.69) is 10.3 Å². The number of nitrogens with zero attached hydrogens (tertiary/aromatic N) is 3. The van der Waals surface area contributed by atoms with E-state index in [1.807, 2.05) is 0 Å². The van der Waals surface area contributed by atoms with Gasteiger partial charge in [-0.1, -0.05) is 11.3 Å². The highest BCUT2D eigenvalue weighted by Crippen LogP contribution is 2.27. The van der Waals surface area contributed by atoms with Crippen LogP contribution in [0.15, 0.2) is 11.6 Å². The van der Waals surface area contributed by atoms with Gasteiger partial charge in [0, 0.05) is 25.6 Å². The zero-order chi connectivity index (χ0) is 14.4. The molecule has 0 aliphatic heterocycles. The van der Waals surface area contributed by atoms with Gasteiger partial charge in [0.25, 0.3) is 4.96 Å². The van der Waals surface area contributed by atoms with Crippen LogP contribution in [0, 0.1) is 10.1 Å². The van der Waals surface area contributed by atoms with Crippen molar-refractivity contribution in [2.45, 2.75) is 6.42 Å². The molecule has 20 heavy (non-hydrogen) atoms. The van der Waals surface area contributed by atoms with Gasteiger partial charge in [-0.25, -0.2) is 0 Å². The van der Waals surface area contributed by atoms with Crippen molar-refractivity contribution in [3.8, 4) is 0 Å². The van der Waals surface area contributed by atoms with Crippen LogP contribution in [0.2, 0.25) is 0 Å². The molecule has 0 spiro atoms. The lowest BCUT2D eigenvalue weighted by Gasteiger charge is -2.04. The zero-order valence-electron chi connectivity index (χ0n) is 11.1. The van der Waals surface area contributed by atoms with Crippen molar-refractivity contribution in [3.05, 3.63) is 21.7 Å². The Morgan fingerprint density at radius 2 is 2.35 bits per heavy atom. The third kappa shape index (κ3) is 3.44. The Morgan fingerprint density at radius 3 is 3.10 bits per heavy atom. The van der Waals surface area contributed by atoms with Crippen LogP contribution in [0.4, 0.5) is 11.6 Å². The predicted octanol–water partition coefficient (Wildman–Crippen LogP) is 1.77. The summed E-state index contributed by atoms with van der Waals surface area (Å²) in [6.07, 6.45) is 2.39. The molecule has 0 aromatic carbocycles. The molecule has 0 aliphatic carbocycles. The van der Waals surface area contributed by atoms with Crippen LogP contribution in [0.25, 0.3) is 4.96 Å². The Morgan fingerprint density at radius 1 is 1.50 bits per heavy atom. The van der Waals surface area contributed by atoms with Crippen LogP contribution >= 0.6 is 11.3 Å². The van der Waals surface area contributed by atoms with E-state index < -0.39 is 4.92 Å². The molecule has 0 radical (unpaired) electrons. The van der Waals surface area contributed by atoms with Crippen molar-refractivity contribution < 1.29 is 14.4 Å². The van der Waals surface area contributed by atoms with E-state index >= 15 is 0 Å². The lowest BCUT2D eigenvalue weighted by molar-refractivity contribution is -0.389. The number of thiazole rings is 1. The molecule has 0 atom stereocenters. The fourth-order valence-corrected chi connectivity index (χ4v) is 2.40. The highest BCUT2D eigenvalue weighted by atomic mass is 32.1. The van der Waals surface area contributed by atoms with Crippen molar-refractivity contribution in [2.75, 3.05) is 38.8 Å².